The van der Waals surface area contributed by atoms with Gasteiger partial charge in [-0.3, -0.25) is 0 Å². The van der Waals surface area contributed by atoms with Crippen LogP contribution in [-0.4, -0.2) is 34.6 Å². The van der Waals surface area contributed by atoms with Crippen LogP contribution in [0.4, 0.5) is 4.79 Å². The monoisotopic (exact) mass is 268 g/mol. The molecule has 1 unspecified atom stereocenters. The van der Waals surface area contributed by atoms with Crippen LogP contribution in [0.15, 0.2) is 16.7 Å². The van der Waals surface area contributed by atoms with E-state index >= 15 is 0 Å². The van der Waals surface area contributed by atoms with Crippen molar-refractivity contribution in [3.05, 3.63) is 23.7 Å². The summed E-state index contributed by atoms with van der Waals surface area (Å²) in [5.41, 5.74) is -0.359. The topological polar surface area (TPSA) is 82.8 Å². The highest BCUT2D eigenvalue weighted by molar-refractivity contribution is 5.85. The molecule has 1 aromatic rings. The summed E-state index contributed by atoms with van der Waals surface area (Å²) < 4.78 is 5.15. The molecule has 1 aromatic heterocycles. The Hall–Kier alpha value is -1.98. The number of hydrogen-bond acceptors (Lipinski definition) is 3. The van der Waals surface area contributed by atoms with Gasteiger partial charge in [-0.15, -0.1) is 0 Å². The molecule has 6 nitrogen and oxygen atoms in total. The second-order valence-corrected chi connectivity index (χ2v) is 4.78. The Morgan fingerprint density at radius 2 is 2.16 bits per heavy atom. The number of rotatable bonds is 5. The first kappa shape index (κ1) is 15.1. The van der Waals surface area contributed by atoms with Crippen LogP contribution in [0.3, 0.4) is 0 Å². The van der Waals surface area contributed by atoms with Crippen LogP contribution < -0.4 is 5.32 Å². The van der Waals surface area contributed by atoms with Gasteiger partial charge in [0.1, 0.15) is 11.3 Å². The first-order valence-corrected chi connectivity index (χ1v) is 6.09. The van der Waals surface area contributed by atoms with E-state index in [0.29, 0.717) is 13.0 Å². The van der Waals surface area contributed by atoms with Crippen LogP contribution in [0.25, 0.3) is 0 Å². The molecule has 0 aliphatic carbocycles. The van der Waals surface area contributed by atoms with Crippen molar-refractivity contribution < 1.29 is 19.1 Å². The number of hydrogen-bond donors (Lipinski definition) is 2. The Bertz CT molecular complexity index is 469. The van der Waals surface area contributed by atoms with Crippen molar-refractivity contribution in [3.63, 3.8) is 0 Å². The Morgan fingerprint density at radius 3 is 2.58 bits per heavy atom. The van der Waals surface area contributed by atoms with Crippen LogP contribution in [-0.2, 0) is 11.3 Å². The SMILES string of the molecule is CCC(C)(NC(=O)N(C)Cc1ccoc1C)C(=O)O. The van der Waals surface area contributed by atoms with Gasteiger partial charge in [-0.05, 0) is 26.3 Å². The van der Waals surface area contributed by atoms with Crippen LogP contribution in [0.5, 0.6) is 0 Å². The van der Waals surface area contributed by atoms with Gasteiger partial charge in [-0.25, -0.2) is 9.59 Å². The lowest BCUT2D eigenvalue weighted by atomic mass is 10.00. The zero-order chi connectivity index (χ0) is 14.6. The second kappa shape index (κ2) is 5.77. The molecule has 0 saturated heterocycles. The van der Waals surface area contributed by atoms with Gasteiger partial charge >= 0.3 is 12.0 Å². The van der Waals surface area contributed by atoms with E-state index in [1.165, 1.54) is 11.8 Å². The second-order valence-electron chi connectivity index (χ2n) is 4.78. The minimum absolute atomic E-state index is 0.312. The van der Waals surface area contributed by atoms with E-state index < -0.39 is 17.5 Å². The standard InChI is InChI=1S/C13H20N2O4/c1-5-13(3,11(16)17)14-12(18)15(4)8-10-6-7-19-9(10)2/h6-7H,5,8H2,1-4H3,(H,14,18)(H,16,17). The molecule has 0 bridgehead atoms. The Kier molecular flexibility index (Phi) is 4.58. The van der Waals surface area contributed by atoms with Gasteiger partial charge < -0.3 is 19.7 Å². The molecule has 1 heterocycles. The number of aryl methyl sites for hydroxylation is 1. The van der Waals surface area contributed by atoms with Gasteiger partial charge in [0.05, 0.1) is 12.8 Å². The Morgan fingerprint density at radius 1 is 1.53 bits per heavy atom. The maximum atomic E-state index is 12.0. The maximum absolute atomic E-state index is 12.0. The van der Waals surface area contributed by atoms with Gasteiger partial charge in [0.25, 0.3) is 0 Å². The zero-order valence-corrected chi connectivity index (χ0v) is 11.7. The average molecular weight is 268 g/mol. The van der Waals surface area contributed by atoms with Gasteiger partial charge in [-0.1, -0.05) is 6.92 Å². The van der Waals surface area contributed by atoms with E-state index in [2.05, 4.69) is 5.32 Å². The normalized spacial score (nSPS) is 13.7. The van der Waals surface area contributed by atoms with E-state index in [1.54, 1.807) is 26.3 Å². The third-order valence-electron chi connectivity index (χ3n) is 3.28. The fraction of sp³-hybridized carbons (Fsp3) is 0.538. The van der Waals surface area contributed by atoms with Crippen LogP contribution >= 0.6 is 0 Å². The number of aliphatic carboxylic acids is 1. The summed E-state index contributed by atoms with van der Waals surface area (Å²) >= 11 is 0. The van der Waals surface area contributed by atoms with Crippen molar-refractivity contribution in [1.82, 2.24) is 10.2 Å². The summed E-state index contributed by atoms with van der Waals surface area (Å²) in [5.74, 6) is -0.299. The molecular weight excluding hydrogens is 248 g/mol. The summed E-state index contributed by atoms with van der Waals surface area (Å²) in [5, 5.41) is 11.6. The lowest BCUT2D eigenvalue weighted by molar-refractivity contribution is -0.143. The fourth-order valence-electron chi connectivity index (χ4n) is 1.53. The smallest absolute Gasteiger partial charge is 0.329 e. The molecule has 19 heavy (non-hydrogen) atoms. The maximum Gasteiger partial charge on any atom is 0.329 e. The summed E-state index contributed by atoms with van der Waals surface area (Å²) in [6.45, 7) is 5.39. The van der Waals surface area contributed by atoms with Crippen LogP contribution in [0, 0.1) is 6.92 Å². The summed E-state index contributed by atoms with van der Waals surface area (Å²) in [6, 6.07) is 1.36. The molecule has 0 aliphatic rings. The molecule has 0 radical (unpaired) electrons. The lowest BCUT2D eigenvalue weighted by Gasteiger charge is -2.28. The number of nitrogens with zero attached hydrogens (tertiary/aromatic N) is 1. The number of carbonyl (C=O) groups is 2. The predicted molar refractivity (Wildman–Crippen MR) is 69.8 cm³/mol. The summed E-state index contributed by atoms with van der Waals surface area (Å²) in [4.78, 5) is 24.5. The number of carbonyl (C=O) groups excluding carboxylic acids is 1. The number of carboxylic acids is 1. The number of urea groups is 1. The summed E-state index contributed by atoms with van der Waals surface area (Å²) in [6.07, 6.45) is 1.87. The molecule has 2 amide bonds. The molecule has 0 spiro atoms. The first-order valence-electron chi connectivity index (χ1n) is 6.09. The highest BCUT2D eigenvalue weighted by atomic mass is 16.4. The molecule has 0 fully saturated rings. The van der Waals surface area contributed by atoms with Gasteiger partial charge in [0.2, 0.25) is 0 Å². The third-order valence-corrected chi connectivity index (χ3v) is 3.28. The summed E-state index contributed by atoms with van der Waals surface area (Å²) in [7, 11) is 1.61. The minimum Gasteiger partial charge on any atom is -0.480 e. The molecule has 0 aliphatic heterocycles. The van der Waals surface area contributed by atoms with Crippen molar-refractivity contribution in [2.24, 2.45) is 0 Å². The fourth-order valence-corrected chi connectivity index (χ4v) is 1.53. The van der Waals surface area contributed by atoms with Crippen molar-refractivity contribution in [3.8, 4) is 0 Å². The number of furan rings is 1. The van der Waals surface area contributed by atoms with E-state index in [-0.39, 0.29) is 0 Å². The van der Waals surface area contributed by atoms with Gasteiger partial charge in [0.15, 0.2) is 0 Å². The number of amides is 2. The van der Waals surface area contributed by atoms with Crippen molar-refractivity contribution in [2.45, 2.75) is 39.3 Å². The van der Waals surface area contributed by atoms with Gasteiger partial charge in [-0.2, -0.15) is 0 Å². The zero-order valence-electron chi connectivity index (χ0n) is 11.7. The minimum atomic E-state index is -1.25. The quantitative estimate of drug-likeness (QED) is 0.855. The largest absolute Gasteiger partial charge is 0.480 e. The number of nitrogens with one attached hydrogen (secondary N) is 1. The van der Waals surface area contributed by atoms with Crippen LogP contribution in [0.2, 0.25) is 0 Å². The third kappa shape index (κ3) is 3.49. The van der Waals surface area contributed by atoms with Crippen molar-refractivity contribution >= 4 is 12.0 Å². The highest BCUT2D eigenvalue weighted by Gasteiger charge is 2.33. The molecule has 6 heteroatoms. The van der Waals surface area contributed by atoms with Crippen molar-refractivity contribution in [2.75, 3.05) is 7.05 Å². The molecule has 106 valence electrons. The molecule has 2 N–H and O–H groups in total. The highest BCUT2D eigenvalue weighted by Crippen LogP contribution is 2.13. The Labute approximate surface area is 112 Å². The van der Waals surface area contributed by atoms with E-state index in [9.17, 15) is 9.59 Å². The number of carboxylic acid groups (broad SMARTS) is 1. The molecular formula is C13H20N2O4. The molecule has 1 atom stereocenters. The molecule has 0 saturated carbocycles. The van der Waals surface area contributed by atoms with E-state index in [1.807, 2.05) is 6.92 Å². The first-order chi connectivity index (χ1) is 8.80. The van der Waals surface area contributed by atoms with Gasteiger partial charge in [0, 0.05) is 12.6 Å². The lowest BCUT2D eigenvalue weighted by Crippen LogP contribution is -2.54. The van der Waals surface area contributed by atoms with Crippen molar-refractivity contribution in [1.29, 1.82) is 0 Å². The van der Waals surface area contributed by atoms with E-state index in [0.717, 1.165) is 11.3 Å². The van der Waals surface area contributed by atoms with E-state index in [4.69, 9.17) is 9.52 Å². The molecule has 0 aromatic carbocycles. The predicted octanol–water partition coefficient (Wildman–Crippen LogP) is 1.98. The Balaban J connectivity index is 2.68. The average Bonchev–Trinajstić information content (AvgIpc) is 2.74. The molecule has 1 rings (SSSR count). The van der Waals surface area contributed by atoms with Crippen LogP contribution in [0.1, 0.15) is 31.6 Å².